The first-order chi connectivity index (χ1) is 36.0. The zero-order valence-corrected chi connectivity index (χ0v) is 42.3. The van der Waals surface area contributed by atoms with Gasteiger partial charge in [0.05, 0.1) is 23.7 Å². The van der Waals surface area contributed by atoms with Crippen LogP contribution in [0.15, 0.2) is 134 Å². The van der Waals surface area contributed by atoms with Gasteiger partial charge in [0.15, 0.2) is 5.75 Å². The third-order valence-corrected chi connectivity index (χ3v) is 15.2. The maximum atomic E-state index is 17.2. The topological polar surface area (TPSA) is 104 Å². The van der Waals surface area contributed by atoms with E-state index < -0.39 is 11.1 Å². The Morgan fingerprint density at radius 1 is 0.811 bits per heavy atom. The van der Waals surface area contributed by atoms with Gasteiger partial charge in [-0.05, 0) is 117 Å². The second-order valence-corrected chi connectivity index (χ2v) is 21.2. The average Bonchev–Trinajstić information content (AvgIpc) is 3.72. The first kappa shape index (κ1) is 47.3. The highest BCUT2D eigenvalue weighted by atomic mass is 19.1. The number of likely N-dealkylation sites (tertiary alicyclic amines) is 1. The molecule has 4 fully saturated rings. The summed E-state index contributed by atoms with van der Waals surface area (Å²) < 4.78 is 44.9. The van der Waals surface area contributed by atoms with Crippen LogP contribution in [0.4, 0.5) is 15.0 Å². The average molecular weight is 987 g/mol. The summed E-state index contributed by atoms with van der Waals surface area (Å²) in [5, 5.41) is 6.98. The van der Waals surface area contributed by atoms with Crippen molar-refractivity contribution >= 4 is 33.7 Å². The summed E-state index contributed by atoms with van der Waals surface area (Å²) in [7, 11) is 0. The van der Waals surface area contributed by atoms with Gasteiger partial charge in [0.1, 0.15) is 41.5 Å². The lowest BCUT2D eigenvalue weighted by atomic mass is 9.77. The van der Waals surface area contributed by atoms with Crippen molar-refractivity contribution in [3.63, 3.8) is 0 Å². The van der Waals surface area contributed by atoms with Crippen LogP contribution in [0.25, 0.3) is 32.9 Å². The number of terminal acetylenes is 1. The number of nitrogens with zero attached hydrogens (tertiary/aromatic N) is 6. The smallest absolute Gasteiger partial charge is 0.410 e. The number of carbonyl (C=O) groups excluding carboxylic acids is 1. The van der Waals surface area contributed by atoms with E-state index in [9.17, 15) is 4.79 Å². The molecule has 2 bridgehead atoms. The molecule has 0 unspecified atom stereocenters. The van der Waals surface area contributed by atoms with Gasteiger partial charge < -0.3 is 28.7 Å². The fraction of sp³-hybridized carbons (Fsp3) is 0.323. The van der Waals surface area contributed by atoms with E-state index >= 15 is 4.39 Å². The van der Waals surface area contributed by atoms with Crippen LogP contribution in [-0.2, 0) is 21.6 Å². The Kier molecular flexibility index (Phi) is 12.1. The lowest BCUT2D eigenvalue weighted by molar-refractivity contribution is 0.0214. The Morgan fingerprint density at radius 2 is 1.49 bits per heavy atom. The molecule has 1 saturated carbocycles. The molecule has 3 atom stereocenters. The Hall–Kier alpha value is -7.75. The Morgan fingerprint density at radius 3 is 2.07 bits per heavy atom. The second kappa shape index (κ2) is 18.9. The van der Waals surface area contributed by atoms with E-state index in [0.29, 0.717) is 53.4 Å². The van der Waals surface area contributed by atoms with Crippen molar-refractivity contribution < 1.29 is 28.1 Å². The van der Waals surface area contributed by atoms with Gasteiger partial charge >= 0.3 is 12.1 Å². The molecule has 1 aliphatic carbocycles. The minimum absolute atomic E-state index is 0.0326. The largest absolute Gasteiger partial charge is 0.486 e. The summed E-state index contributed by atoms with van der Waals surface area (Å²) >= 11 is 0. The molecule has 11 nitrogen and oxygen atoms in total. The number of hydrogen-bond donors (Lipinski definition) is 0. The Balaban J connectivity index is 1.10. The Bertz CT molecular complexity index is 3340. The molecule has 12 heteroatoms. The number of hydrogen-bond acceptors (Lipinski definition) is 9. The molecular formula is C62H59FN6O5. The van der Waals surface area contributed by atoms with Gasteiger partial charge in [-0.15, -0.1) is 6.42 Å². The maximum absolute atomic E-state index is 17.2. The predicted octanol–water partition coefficient (Wildman–Crippen LogP) is 12.1. The van der Waals surface area contributed by atoms with Crippen molar-refractivity contribution in [3.05, 3.63) is 178 Å². The van der Waals surface area contributed by atoms with Crippen LogP contribution < -0.4 is 14.4 Å². The van der Waals surface area contributed by atoms with Gasteiger partial charge in [-0.25, -0.2) is 9.18 Å². The fourth-order valence-electron chi connectivity index (χ4n) is 11.6. The third-order valence-electron chi connectivity index (χ3n) is 15.2. The first-order valence-corrected chi connectivity index (χ1v) is 25.9. The van der Waals surface area contributed by atoms with Crippen molar-refractivity contribution in [2.75, 3.05) is 31.2 Å². The molecule has 5 heterocycles. The van der Waals surface area contributed by atoms with Crippen LogP contribution in [0.2, 0.25) is 0 Å². The zero-order valence-electron chi connectivity index (χ0n) is 42.3. The lowest BCUT2D eigenvalue weighted by Gasteiger charge is -2.36. The van der Waals surface area contributed by atoms with E-state index in [2.05, 4.69) is 59.5 Å². The molecule has 3 aliphatic heterocycles. The molecule has 74 heavy (non-hydrogen) atoms. The second-order valence-electron chi connectivity index (χ2n) is 21.2. The van der Waals surface area contributed by atoms with Crippen molar-refractivity contribution in [1.29, 1.82) is 0 Å². The number of fused-ring (bicyclic) bond motifs is 4. The van der Waals surface area contributed by atoms with E-state index in [1.165, 1.54) is 0 Å². The van der Waals surface area contributed by atoms with E-state index in [0.717, 1.165) is 81.8 Å². The number of carbonyl (C=O) groups is 1. The number of rotatable bonds is 13. The molecule has 4 aliphatic rings. The summed E-state index contributed by atoms with van der Waals surface area (Å²) in [6, 6.07) is 42.8. The number of benzene rings is 6. The monoisotopic (exact) mass is 986 g/mol. The molecule has 0 radical (unpaired) electrons. The number of ether oxygens (including phenoxy) is 4. The minimum atomic E-state index is -0.956. The molecule has 374 valence electrons. The number of aromatic nitrogens is 4. The quantitative estimate of drug-likeness (QED) is 0.0825. The highest BCUT2D eigenvalue weighted by Gasteiger charge is 2.48. The van der Waals surface area contributed by atoms with Crippen molar-refractivity contribution in [1.82, 2.24) is 24.6 Å². The van der Waals surface area contributed by atoms with Gasteiger partial charge in [-0.3, -0.25) is 4.68 Å². The van der Waals surface area contributed by atoms with Gasteiger partial charge in [-0.2, -0.15) is 15.1 Å². The molecule has 1 amide bonds. The predicted molar refractivity (Wildman–Crippen MR) is 285 cm³/mol. The molecule has 12 rings (SSSR count). The highest BCUT2D eigenvalue weighted by Crippen LogP contribution is 2.54. The number of anilines is 1. The SMILES string of the molecule is C#Cc1ccc(COc2c(-c3c(C)c(F)cc4nn(C(c5ccccc5)(c5ccccc5)c5ccccc5)cc34)c(C3CC3)cc3c(N4C[C@@H]5C[C@H]4CN5C(=O)OC(C)(C)C)nc(OC[C@@H]4CCCO4)nc23)cc1. The van der Waals surface area contributed by atoms with E-state index in [1.54, 1.807) is 6.07 Å². The van der Waals surface area contributed by atoms with E-state index in [4.69, 9.17) is 40.4 Å². The maximum Gasteiger partial charge on any atom is 0.410 e. The molecular weight excluding hydrogens is 928 g/mol. The summed E-state index contributed by atoms with van der Waals surface area (Å²) in [6.45, 7) is 9.69. The highest BCUT2D eigenvalue weighted by molar-refractivity contribution is 6.06. The Labute approximate surface area is 431 Å². The van der Waals surface area contributed by atoms with Crippen LogP contribution in [-0.4, -0.2) is 80.8 Å². The summed E-state index contributed by atoms with van der Waals surface area (Å²) in [5.41, 5.74) is 7.06. The summed E-state index contributed by atoms with van der Waals surface area (Å²) in [6.07, 6.45) is 12.0. The zero-order chi connectivity index (χ0) is 50.7. The van der Waals surface area contributed by atoms with Crippen molar-refractivity contribution in [2.24, 2.45) is 0 Å². The summed E-state index contributed by atoms with van der Waals surface area (Å²) in [4.78, 5) is 28.2. The van der Waals surface area contributed by atoms with Crippen LogP contribution in [0.1, 0.15) is 97.7 Å². The molecule has 0 spiro atoms. The van der Waals surface area contributed by atoms with Gasteiger partial charge in [0.2, 0.25) is 0 Å². The standard InChI is InChI=1S/C62H59FN6O5/c1-6-40-24-26-41(27-25-40)37-72-57-55(54-39(2)52(63)33-53-51(54)36-69(66-53)62(43-17-10-7-11-18-43,44-19-12-8-13-20-44)45-21-14-9-15-22-45)49(42-28-29-42)32-50-56(57)64-59(73-38-48-23-16-30-71-48)65-58(50)67-34-47-31-46(67)35-68(47)60(70)74-61(3,4)5/h1,7-15,17-22,24-27,32-33,36,42,46-48H,16,23,28-31,34-35,37-38H2,2-5H3/t46-,47-,48-/m0/s1. The molecule has 0 N–H and O–H groups in total. The van der Waals surface area contributed by atoms with E-state index in [-0.39, 0.29) is 55.2 Å². The molecule has 8 aromatic rings. The van der Waals surface area contributed by atoms with Crippen LogP contribution in [0.3, 0.4) is 0 Å². The lowest BCUT2D eigenvalue weighted by Crippen LogP contribution is -2.50. The van der Waals surface area contributed by atoms with Gasteiger partial charge in [0.25, 0.3) is 0 Å². The number of piperazine rings is 1. The van der Waals surface area contributed by atoms with Crippen molar-refractivity contribution in [2.45, 2.75) is 102 Å². The van der Waals surface area contributed by atoms with Crippen LogP contribution in [0, 0.1) is 25.1 Å². The van der Waals surface area contributed by atoms with Crippen LogP contribution in [0.5, 0.6) is 11.8 Å². The van der Waals surface area contributed by atoms with Crippen molar-refractivity contribution in [3.8, 4) is 35.2 Å². The van der Waals surface area contributed by atoms with Crippen LogP contribution >= 0.6 is 0 Å². The molecule has 3 saturated heterocycles. The normalized spacial score (nSPS) is 18.6. The van der Waals surface area contributed by atoms with Gasteiger partial charge in [-0.1, -0.05) is 109 Å². The molecule has 2 aromatic heterocycles. The molecule has 6 aromatic carbocycles. The summed E-state index contributed by atoms with van der Waals surface area (Å²) in [5.74, 6) is 3.70. The van der Waals surface area contributed by atoms with E-state index in [1.807, 2.05) is 116 Å². The van der Waals surface area contributed by atoms with Gasteiger partial charge in [0, 0.05) is 59.4 Å². The number of halogens is 1. The third kappa shape index (κ3) is 8.56. The first-order valence-electron chi connectivity index (χ1n) is 25.9. The fourth-order valence-corrected chi connectivity index (χ4v) is 11.6. The minimum Gasteiger partial charge on any atom is -0.486 e. The number of amides is 1.